The number of carbonyl (C=O) groups excluding carboxylic acids is 1. The second kappa shape index (κ2) is 9.89. The number of pyridine rings is 1. The molecule has 0 fully saturated rings. The summed E-state index contributed by atoms with van der Waals surface area (Å²) < 4.78 is 7.32. The minimum Gasteiger partial charge on any atom is -0.374 e. The number of carbonyl (C=O) groups is 1. The lowest BCUT2D eigenvalue weighted by molar-refractivity contribution is 0.0753. The Morgan fingerprint density at radius 1 is 0.933 bits per heavy atom. The number of nitrogens with zero attached hydrogens (tertiary/aromatic N) is 1. The highest BCUT2D eigenvalue weighted by Gasteiger charge is 2.21. The number of hydrogen-bond acceptors (Lipinski definition) is 3. The third-order valence-corrected chi connectivity index (χ3v) is 4.46. The summed E-state index contributed by atoms with van der Waals surface area (Å²) in [6.07, 6.45) is 1.65. The molecular weight excluding hydrogens is 378 g/mol. The Morgan fingerprint density at radius 2 is 1.57 bits per heavy atom. The van der Waals surface area contributed by atoms with Crippen LogP contribution < -0.4 is 16.2 Å². The normalized spacial score (nSPS) is 11.1. The third-order valence-electron chi connectivity index (χ3n) is 4.46. The molecule has 3 rings (SSSR count). The summed E-state index contributed by atoms with van der Waals surface area (Å²) in [4.78, 5) is 24.6. The molecule has 0 aliphatic carbocycles. The summed E-state index contributed by atoms with van der Waals surface area (Å²) in [5, 5.41) is 5.71. The van der Waals surface area contributed by atoms with E-state index in [0.29, 0.717) is 25.4 Å². The Kier molecular flexibility index (Phi) is 7.03. The van der Waals surface area contributed by atoms with Crippen LogP contribution in [0.2, 0.25) is 0 Å². The van der Waals surface area contributed by atoms with Crippen molar-refractivity contribution in [2.24, 2.45) is 0 Å². The molecule has 0 saturated heterocycles. The van der Waals surface area contributed by atoms with Crippen molar-refractivity contribution in [1.29, 1.82) is 0 Å². The fraction of sp³-hybridized carbons (Fsp3) is 0.250. The van der Waals surface area contributed by atoms with Gasteiger partial charge >= 0.3 is 6.03 Å². The first-order valence-electron chi connectivity index (χ1n) is 9.87. The van der Waals surface area contributed by atoms with Crippen molar-refractivity contribution < 1.29 is 9.53 Å². The van der Waals surface area contributed by atoms with Crippen molar-refractivity contribution >= 4 is 11.7 Å². The van der Waals surface area contributed by atoms with E-state index >= 15 is 0 Å². The van der Waals surface area contributed by atoms with E-state index in [2.05, 4.69) is 10.6 Å². The van der Waals surface area contributed by atoms with E-state index in [0.717, 1.165) is 11.1 Å². The topological polar surface area (TPSA) is 72.4 Å². The number of benzene rings is 2. The Labute approximate surface area is 176 Å². The first-order chi connectivity index (χ1) is 14.4. The highest BCUT2D eigenvalue weighted by atomic mass is 16.5. The van der Waals surface area contributed by atoms with E-state index in [1.165, 1.54) is 6.07 Å². The van der Waals surface area contributed by atoms with Gasteiger partial charge in [-0.05, 0) is 31.0 Å². The fourth-order valence-corrected chi connectivity index (χ4v) is 3.01. The number of amides is 2. The Morgan fingerprint density at radius 3 is 2.23 bits per heavy atom. The van der Waals surface area contributed by atoms with Crippen molar-refractivity contribution in [2.75, 3.05) is 11.9 Å². The second-order valence-corrected chi connectivity index (χ2v) is 7.81. The van der Waals surface area contributed by atoms with Gasteiger partial charge in [-0.3, -0.25) is 4.79 Å². The highest BCUT2D eigenvalue weighted by Crippen LogP contribution is 2.10. The van der Waals surface area contributed by atoms with Gasteiger partial charge in [-0.1, -0.05) is 60.7 Å². The average Bonchev–Trinajstić information content (AvgIpc) is 2.71. The summed E-state index contributed by atoms with van der Waals surface area (Å²) in [6, 6.07) is 22.3. The van der Waals surface area contributed by atoms with Gasteiger partial charge in [0.15, 0.2) is 0 Å². The van der Waals surface area contributed by atoms with Crippen LogP contribution in [0.1, 0.15) is 25.0 Å². The number of anilines is 1. The molecule has 0 aliphatic heterocycles. The molecule has 2 amide bonds. The van der Waals surface area contributed by atoms with Crippen LogP contribution in [0.3, 0.4) is 0 Å². The summed E-state index contributed by atoms with van der Waals surface area (Å²) in [6.45, 7) is 5.08. The summed E-state index contributed by atoms with van der Waals surface area (Å²) >= 11 is 0. The molecule has 30 heavy (non-hydrogen) atoms. The number of ether oxygens (including phenoxy) is 1. The van der Waals surface area contributed by atoms with Crippen molar-refractivity contribution in [3.05, 3.63) is 100 Å². The van der Waals surface area contributed by atoms with Gasteiger partial charge in [0.2, 0.25) is 0 Å². The highest BCUT2D eigenvalue weighted by molar-refractivity contribution is 5.89. The molecule has 0 spiro atoms. The summed E-state index contributed by atoms with van der Waals surface area (Å²) in [5.41, 5.74) is 1.96. The van der Waals surface area contributed by atoms with Crippen molar-refractivity contribution in [3.63, 3.8) is 0 Å². The molecule has 6 heteroatoms. The van der Waals surface area contributed by atoms with Crippen molar-refractivity contribution in [2.45, 2.75) is 32.5 Å². The van der Waals surface area contributed by atoms with Crippen LogP contribution in [-0.2, 0) is 17.9 Å². The minimum atomic E-state index is -0.558. The van der Waals surface area contributed by atoms with E-state index in [1.807, 2.05) is 74.5 Å². The number of urea groups is 1. The van der Waals surface area contributed by atoms with Crippen LogP contribution in [0.15, 0.2) is 83.8 Å². The van der Waals surface area contributed by atoms with Gasteiger partial charge in [0.25, 0.3) is 5.56 Å². The Balaban J connectivity index is 1.54. The van der Waals surface area contributed by atoms with Crippen LogP contribution in [0.4, 0.5) is 10.5 Å². The molecule has 0 unspecified atom stereocenters. The molecule has 2 aromatic carbocycles. The fourth-order valence-electron chi connectivity index (χ4n) is 3.01. The van der Waals surface area contributed by atoms with Crippen LogP contribution in [-0.4, -0.2) is 22.7 Å². The van der Waals surface area contributed by atoms with Gasteiger partial charge in [0.05, 0.1) is 31.0 Å². The average molecular weight is 405 g/mol. The van der Waals surface area contributed by atoms with E-state index in [4.69, 9.17) is 4.74 Å². The number of nitrogens with one attached hydrogen (secondary N) is 2. The number of aromatic nitrogens is 1. The Bertz CT molecular complexity index is 1010. The smallest absolute Gasteiger partial charge is 0.319 e. The quantitative estimate of drug-likeness (QED) is 0.595. The summed E-state index contributed by atoms with van der Waals surface area (Å²) in [5.74, 6) is 0. The van der Waals surface area contributed by atoms with Gasteiger partial charge < -0.3 is 19.9 Å². The number of rotatable bonds is 8. The standard InChI is InChI=1S/C24H27N3O3/c1-24(2,18-30-17-20-11-7-4-8-12-20)26-23(29)25-21-13-14-22(28)27(16-21)15-19-9-5-3-6-10-19/h3-14,16H,15,17-18H2,1-2H3,(H2,25,26,29). The zero-order valence-corrected chi connectivity index (χ0v) is 17.3. The van der Waals surface area contributed by atoms with Crippen LogP contribution in [0.5, 0.6) is 0 Å². The van der Waals surface area contributed by atoms with Gasteiger partial charge in [0, 0.05) is 12.3 Å². The first kappa shape index (κ1) is 21.3. The van der Waals surface area contributed by atoms with E-state index < -0.39 is 5.54 Å². The van der Waals surface area contributed by atoms with Crippen molar-refractivity contribution in [1.82, 2.24) is 9.88 Å². The monoisotopic (exact) mass is 405 g/mol. The van der Waals surface area contributed by atoms with Gasteiger partial charge in [-0.2, -0.15) is 0 Å². The lowest BCUT2D eigenvalue weighted by Gasteiger charge is -2.26. The molecule has 6 nitrogen and oxygen atoms in total. The molecule has 1 aromatic heterocycles. The molecule has 1 heterocycles. The molecule has 0 radical (unpaired) electrons. The lowest BCUT2D eigenvalue weighted by atomic mass is 10.1. The lowest BCUT2D eigenvalue weighted by Crippen LogP contribution is -2.48. The first-order valence-corrected chi connectivity index (χ1v) is 9.87. The molecule has 2 N–H and O–H groups in total. The van der Waals surface area contributed by atoms with E-state index in [-0.39, 0.29) is 11.6 Å². The zero-order chi connectivity index (χ0) is 21.4. The molecular formula is C24H27N3O3. The van der Waals surface area contributed by atoms with Crippen molar-refractivity contribution in [3.8, 4) is 0 Å². The van der Waals surface area contributed by atoms with Gasteiger partial charge in [-0.15, -0.1) is 0 Å². The second-order valence-electron chi connectivity index (χ2n) is 7.81. The van der Waals surface area contributed by atoms with Gasteiger partial charge in [0.1, 0.15) is 0 Å². The third kappa shape index (κ3) is 6.60. The number of hydrogen-bond donors (Lipinski definition) is 2. The summed E-state index contributed by atoms with van der Waals surface area (Å²) in [7, 11) is 0. The molecule has 156 valence electrons. The van der Waals surface area contributed by atoms with Crippen LogP contribution in [0, 0.1) is 0 Å². The molecule has 0 bridgehead atoms. The maximum absolute atomic E-state index is 12.5. The molecule has 0 aliphatic rings. The van der Waals surface area contributed by atoms with E-state index in [1.54, 1.807) is 16.8 Å². The SMILES string of the molecule is CC(C)(COCc1ccccc1)NC(=O)Nc1ccc(=O)n(Cc2ccccc2)c1. The predicted molar refractivity (Wildman–Crippen MR) is 119 cm³/mol. The van der Waals surface area contributed by atoms with E-state index in [9.17, 15) is 9.59 Å². The predicted octanol–water partition coefficient (Wildman–Crippen LogP) is 4.01. The maximum atomic E-state index is 12.5. The largest absolute Gasteiger partial charge is 0.374 e. The molecule has 3 aromatic rings. The Hall–Kier alpha value is -3.38. The van der Waals surface area contributed by atoms with Crippen LogP contribution in [0.25, 0.3) is 0 Å². The minimum absolute atomic E-state index is 0.126. The molecule has 0 atom stereocenters. The molecule has 0 saturated carbocycles. The zero-order valence-electron chi connectivity index (χ0n) is 17.3. The maximum Gasteiger partial charge on any atom is 0.319 e. The van der Waals surface area contributed by atoms with Crippen LogP contribution >= 0.6 is 0 Å². The van der Waals surface area contributed by atoms with Gasteiger partial charge in [-0.25, -0.2) is 4.79 Å².